The molecule has 1 fully saturated rings. The van der Waals surface area contributed by atoms with Crippen molar-refractivity contribution in [2.45, 2.75) is 25.3 Å². The summed E-state index contributed by atoms with van der Waals surface area (Å²) in [5, 5.41) is 7.05. The van der Waals surface area contributed by atoms with Gasteiger partial charge in [-0.1, -0.05) is 34.8 Å². The van der Waals surface area contributed by atoms with Crippen molar-refractivity contribution in [2.24, 2.45) is 0 Å². The number of amides is 1. The molecule has 1 aromatic carbocycles. The predicted molar refractivity (Wildman–Crippen MR) is 75.7 cm³/mol. The molecule has 0 aromatic heterocycles. The lowest BCUT2D eigenvalue weighted by Crippen LogP contribution is -2.48. The lowest BCUT2D eigenvalue weighted by Gasteiger charge is -2.23. The fourth-order valence-corrected chi connectivity index (χ4v) is 2.91. The molecule has 0 spiro atoms. The molecule has 1 unspecified atom stereocenters. The zero-order valence-corrected chi connectivity index (χ0v) is 12.1. The second kappa shape index (κ2) is 5.25. The smallest absolute Gasteiger partial charge is 0.244 e. The van der Waals surface area contributed by atoms with E-state index in [1.165, 1.54) is 0 Å². The van der Waals surface area contributed by atoms with Crippen LogP contribution in [0.1, 0.15) is 19.8 Å². The third-order valence-electron chi connectivity index (χ3n) is 3.12. The quantitative estimate of drug-likeness (QED) is 0.874. The molecule has 1 aliphatic heterocycles. The lowest BCUT2D eigenvalue weighted by molar-refractivity contribution is -0.121. The molecule has 1 aliphatic rings. The number of carbonyl (C=O) groups is 1. The van der Waals surface area contributed by atoms with E-state index >= 15 is 0 Å². The Balaban J connectivity index is 2.22. The van der Waals surface area contributed by atoms with Crippen LogP contribution >= 0.6 is 34.8 Å². The third kappa shape index (κ3) is 2.75. The van der Waals surface area contributed by atoms with Gasteiger partial charge in [0.1, 0.15) is 0 Å². The summed E-state index contributed by atoms with van der Waals surface area (Å²) in [6.45, 7) is 2.71. The molecule has 0 saturated carbocycles. The monoisotopic (exact) mass is 306 g/mol. The summed E-state index contributed by atoms with van der Waals surface area (Å²) in [6.07, 6.45) is 1.77. The highest BCUT2D eigenvalue weighted by atomic mass is 35.5. The summed E-state index contributed by atoms with van der Waals surface area (Å²) in [5.41, 5.74) is -0.158. The fourth-order valence-electron chi connectivity index (χ4n) is 2.00. The van der Waals surface area contributed by atoms with Crippen molar-refractivity contribution in [1.82, 2.24) is 5.32 Å². The summed E-state index contributed by atoms with van der Waals surface area (Å²) in [7, 11) is 0. The molecular formula is C12H13Cl3N2O. The average Bonchev–Trinajstić information content (AvgIpc) is 2.71. The van der Waals surface area contributed by atoms with Crippen LogP contribution in [0.2, 0.25) is 15.1 Å². The number of nitrogens with one attached hydrogen (secondary N) is 2. The van der Waals surface area contributed by atoms with E-state index in [1.807, 2.05) is 6.92 Å². The van der Waals surface area contributed by atoms with Gasteiger partial charge in [0, 0.05) is 5.02 Å². The van der Waals surface area contributed by atoms with Crippen LogP contribution in [0.3, 0.4) is 0 Å². The standard InChI is InChI=1S/C12H13Cl3N2O/c1-12(3-2-4-16-12)11(18)17-10-8(14)5-7(13)6-9(10)15/h5-6,16H,2-4H2,1H3,(H,17,18). The molecule has 2 N–H and O–H groups in total. The SMILES string of the molecule is CC1(C(=O)Nc2c(Cl)cc(Cl)cc2Cl)CCCN1. The number of carbonyl (C=O) groups excluding carboxylic acids is 1. The summed E-state index contributed by atoms with van der Waals surface area (Å²) in [4.78, 5) is 12.2. The molecule has 18 heavy (non-hydrogen) atoms. The van der Waals surface area contributed by atoms with Crippen molar-refractivity contribution in [3.8, 4) is 0 Å². The third-order valence-corrected chi connectivity index (χ3v) is 3.93. The van der Waals surface area contributed by atoms with E-state index in [9.17, 15) is 4.79 Å². The van der Waals surface area contributed by atoms with Crippen LogP contribution in [-0.2, 0) is 4.79 Å². The maximum absolute atomic E-state index is 12.2. The van der Waals surface area contributed by atoms with Gasteiger partial charge in [-0.25, -0.2) is 0 Å². The van der Waals surface area contributed by atoms with E-state index < -0.39 is 5.54 Å². The first-order valence-corrected chi connectivity index (χ1v) is 6.77. The molecule has 1 saturated heterocycles. The van der Waals surface area contributed by atoms with Crippen LogP contribution in [0.5, 0.6) is 0 Å². The first kappa shape index (κ1) is 13.9. The lowest BCUT2D eigenvalue weighted by atomic mass is 9.99. The van der Waals surface area contributed by atoms with Gasteiger partial charge < -0.3 is 10.6 Å². The van der Waals surface area contributed by atoms with Gasteiger partial charge in [0.2, 0.25) is 5.91 Å². The van der Waals surface area contributed by atoms with E-state index in [0.717, 1.165) is 19.4 Å². The van der Waals surface area contributed by atoms with E-state index in [0.29, 0.717) is 20.8 Å². The van der Waals surface area contributed by atoms with Crippen molar-refractivity contribution >= 4 is 46.4 Å². The van der Waals surface area contributed by atoms with Gasteiger partial charge in [-0.3, -0.25) is 4.79 Å². The summed E-state index contributed by atoms with van der Waals surface area (Å²) in [6, 6.07) is 3.10. The second-order valence-corrected chi connectivity index (χ2v) is 5.81. The van der Waals surface area contributed by atoms with Crippen LogP contribution in [0, 0.1) is 0 Å². The zero-order chi connectivity index (χ0) is 13.3. The zero-order valence-electron chi connectivity index (χ0n) is 9.82. The van der Waals surface area contributed by atoms with Gasteiger partial charge >= 0.3 is 0 Å². The Labute approximate surface area is 121 Å². The topological polar surface area (TPSA) is 41.1 Å². The summed E-state index contributed by atoms with van der Waals surface area (Å²) >= 11 is 17.9. The largest absolute Gasteiger partial charge is 0.322 e. The van der Waals surface area contributed by atoms with Crippen molar-refractivity contribution in [3.63, 3.8) is 0 Å². The number of hydrogen-bond donors (Lipinski definition) is 2. The molecule has 1 heterocycles. The second-order valence-electron chi connectivity index (χ2n) is 4.56. The Bertz CT molecular complexity index is 461. The first-order valence-electron chi connectivity index (χ1n) is 5.63. The molecule has 98 valence electrons. The predicted octanol–water partition coefficient (Wildman–Crippen LogP) is 3.73. The Kier molecular flexibility index (Phi) is 4.07. The van der Waals surface area contributed by atoms with Gasteiger partial charge in [-0.05, 0) is 38.4 Å². The molecule has 1 amide bonds. The molecule has 0 bridgehead atoms. The van der Waals surface area contributed by atoms with Crippen molar-refractivity contribution in [1.29, 1.82) is 0 Å². The minimum Gasteiger partial charge on any atom is -0.322 e. The van der Waals surface area contributed by atoms with Crippen LogP contribution in [0.25, 0.3) is 0 Å². The number of benzene rings is 1. The van der Waals surface area contributed by atoms with Gasteiger partial charge in [-0.15, -0.1) is 0 Å². The Morgan fingerprint density at radius 2 is 1.94 bits per heavy atom. The number of hydrogen-bond acceptors (Lipinski definition) is 2. The Morgan fingerprint density at radius 1 is 1.33 bits per heavy atom. The molecule has 0 aliphatic carbocycles. The minimum absolute atomic E-state index is 0.133. The van der Waals surface area contributed by atoms with E-state index in [2.05, 4.69) is 10.6 Å². The van der Waals surface area contributed by atoms with Crippen LogP contribution < -0.4 is 10.6 Å². The number of rotatable bonds is 2. The van der Waals surface area contributed by atoms with Gasteiger partial charge in [0.15, 0.2) is 0 Å². The molecule has 6 heteroatoms. The van der Waals surface area contributed by atoms with Crippen molar-refractivity contribution < 1.29 is 4.79 Å². The molecule has 1 aromatic rings. The van der Waals surface area contributed by atoms with E-state index in [1.54, 1.807) is 12.1 Å². The highest BCUT2D eigenvalue weighted by Crippen LogP contribution is 2.34. The first-order chi connectivity index (χ1) is 8.42. The number of anilines is 1. The fraction of sp³-hybridized carbons (Fsp3) is 0.417. The molecule has 1 atom stereocenters. The van der Waals surface area contributed by atoms with Crippen molar-refractivity contribution in [3.05, 3.63) is 27.2 Å². The average molecular weight is 308 g/mol. The van der Waals surface area contributed by atoms with Crippen LogP contribution in [-0.4, -0.2) is 18.0 Å². The van der Waals surface area contributed by atoms with Gasteiger partial charge in [0.05, 0.1) is 21.3 Å². The molecular weight excluding hydrogens is 295 g/mol. The molecule has 3 nitrogen and oxygen atoms in total. The van der Waals surface area contributed by atoms with Crippen LogP contribution in [0.4, 0.5) is 5.69 Å². The maximum Gasteiger partial charge on any atom is 0.244 e. The van der Waals surface area contributed by atoms with E-state index in [4.69, 9.17) is 34.8 Å². The van der Waals surface area contributed by atoms with Crippen molar-refractivity contribution in [2.75, 3.05) is 11.9 Å². The summed E-state index contributed by atoms with van der Waals surface area (Å²) < 4.78 is 0. The van der Waals surface area contributed by atoms with Gasteiger partial charge in [0.25, 0.3) is 0 Å². The highest BCUT2D eigenvalue weighted by Gasteiger charge is 2.36. The number of halogens is 3. The maximum atomic E-state index is 12.2. The Hall–Kier alpha value is -0.480. The highest BCUT2D eigenvalue weighted by molar-refractivity contribution is 6.42. The summed E-state index contributed by atoms with van der Waals surface area (Å²) in [5.74, 6) is -0.133. The van der Waals surface area contributed by atoms with Crippen LogP contribution in [0.15, 0.2) is 12.1 Å². The molecule has 2 rings (SSSR count). The molecule has 0 radical (unpaired) electrons. The normalized spacial score (nSPS) is 23.1. The van der Waals surface area contributed by atoms with E-state index in [-0.39, 0.29) is 5.91 Å². The van der Waals surface area contributed by atoms with Gasteiger partial charge in [-0.2, -0.15) is 0 Å². The minimum atomic E-state index is -0.563. The Morgan fingerprint density at radius 3 is 2.44 bits per heavy atom.